The van der Waals surface area contributed by atoms with Crippen molar-refractivity contribution >= 4 is 23.2 Å². The first kappa shape index (κ1) is 17.5. The van der Waals surface area contributed by atoms with Crippen LogP contribution in [0.15, 0.2) is 12.4 Å². The quantitative estimate of drug-likeness (QED) is 0.904. The Morgan fingerprint density at radius 1 is 1.32 bits per heavy atom. The van der Waals surface area contributed by atoms with Crippen molar-refractivity contribution in [2.45, 2.75) is 46.2 Å². The van der Waals surface area contributed by atoms with Crippen LogP contribution in [0.2, 0.25) is 0 Å². The molecule has 0 unspecified atom stereocenters. The molecule has 0 saturated carbocycles. The summed E-state index contributed by atoms with van der Waals surface area (Å²) in [6.45, 7) is 6.29. The molecule has 3 heterocycles. The van der Waals surface area contributed by atoms with Gasteiger partial charge in [0.1, 0.15) is 4.88 Å². The second-order valence-corrected chi connectivity index (χ2v) is 7.35. The highest BCUT2D eigenvalue weighted by Gasteiger charge is 2.33. The minimum absolute atomic E-state index is 0.0136. The monoisotopic (exact) mass is 359 g/mol. The van der Waals surface area contributed by atoms with E-state index in [0.29, 0.717) is 23.7 Å². The van der Waals surface area contributed by atoms with Crippen molar-refractivity contribution in [3.8, 4) is 0 Å². The van der Waals surface area contributed by atoms with Gasteiger partial charge in [-0.2, -0.15) is 0 Å². The van der Waals surface area contributed by atoms with Crippen molar-refractivity contribution in [1.29, 1.82) is 0 Å². The summed E-state index contributed by atoms with van der Waals surface area (Å²) in [5.74, 6) is -0.0967. The Morgan fingerprint density at radius 2 is 2.12 bits per heavy atom. The Bertz CT molecular complexity index is 804. The Hall–Kier alpha value is -2.35. The summed E-state index contributed by atoms with van der Waals surface area (Å²) < 4.78 is 0. The van der Waals surface area contributed by atoms with Gasteiger partial charge in [-0.3, -0.25) is 19.6 Å². The molecule has 1 saturated heterocycles. The van der Waals surface area contributed by atoms with E-state index in [0.717, 1.165) is 29.2 Å². The molecule has 8 heteroatoms. The van der Waals surface area contributed by atoms with Crippen LogP contribution in [-0.2, 0) is 11.3 Å². The molecule has 0 aromatic carbocycles. The van der Waals surface area contributed by atoms with Gasteiger partial charge < -0.3 is 10.2 Å². The molecule has 132 valence electrons. The molecule has 1 aliphatic rings. The van der Waals surface area contributed by atoms with Gasteiger partial charge in [0.15, 0.2) is 0 Å². The van der Waals surface area contributed by atoms with Crippen molar-refractivity contribution in [3.05, 3.63) is 39.4 Å². The van der Waals surface area contributed by atoms with E-state index >= 15 is 0 Å². The summed E-state index contributed by atoms with van der Waals surface area (Å²) >= 11 is 1.44. The van der Waals surface area contributed by atoms with E-state index in [4.69, 9.17) is 0 Å². The number of likely N-dealkylation sites (tertiary alicyclic amines) is 1. The van der Waals surface area contributed by atoms with Gasteiger partial charge in [0.2, 0.25) is 5.91 Å². The van der Waals surface area contributed by atoms with Gasteiger partial charge in [-0.15, -0.1) is 11.3 Å². The summed E-state index contributed by atoms with van der Waals surface area (Å²) in [5.41, 5.74) is 2.24. The third-order valence-corrected chi connectivity index (χ3v) is 5.24. The van der Waals surface area contributed by atoms with Crippen LogP contribution in [-0.4, -0.2) is 38.2 Å². The van der Waals surface area contributed by atoms with Crippen LogP contribution in [0.25, 0.3) is 0 Å². The van der Waals surface area contributed by atoms with Crippen molar-refractivity contribution in [1.82, 2.24) is 25.2 Å². The van der Waals surface area contributed by atoms with Crippen molar-refractivity contribution in [3.63, 3.8) is 0 Å². The van der Waals surface area contributed by atoms with Crippen LogP contribution < -0.4 is 5.32 Å². The van der Waals surface area contributed by atoms with Gasteiger partial charge in [0, 0.05) is 13.5 Å². The van der Waals surface area contributed by atoms with E-state index in [1.54, 1.807) is 12.4 Å². The number of aromatic nitrogens is 3. The first-order chi connectivity index (χ1) is 12.0. The Balaban J connectivity index is 1.82. The number of hydrogen-bond acceptors (Lipinski definition) is 6. The minimum Gasteiger partial charge on any atom is -0.351 e. The number of rotatable bonds is 4. The third-order valence-electron chi connectivity index (χ3n) is 4.17. The fraction of sp³-hybridized carbons (Fsp3) is 0.471. The van der Waals surface area contributed by atoms with Gasteiger partial charge >= 0.3 is 0 Å². The summed E-state index contributed by atoms with van der Waals surface area (Å²) in [7, 11) is 0. The fourth-order valence-electron chi connectivity index (χ4n) is 3.06. The maximum atomic E-state index is 13.0. The second-order valence-electron chi connectivity index (χ2n) is 6.15. The average molecular weight is 359 g/mol. The molecule has 3 rings (SSSR count). The predicted molar refractivity (Wildman–Crippen MR) is 94.2 cm³/mol. The minimum atomic E-state index is -0.110. The highest BCUT2D eigenvalue weighted by Crippen LogP contribution is 2.33. The zero-order valence-electron chi connectivity index (χ0n) is 14.6. The molecule has 0 aliphatic carbocycles. The lowest BCUT2D eigenvalue weighted by Gasteiger charge is -2.24. The van der Waals surface area contributed by atoms with Gasteiger partial charge in [-0.05, 0) is 26.7 Å². The summed E-state index contributed by atoms with van der Waals surface area (Å²) in [6, 6.07) is -0.0842. The van der Waals surface area contributed by atoms with Crippen molar-refractivity contribution in [2.24, 2.45) is 0 Å². The average Bonchev–Trinajstić information content (AvgIpc) is 3.19. The highest BCUT2D eigenvalue weighted by atomic mass is 32.1. The van der Waals surface area contributed by atoms with Crippen LogP contribution >= 0.6 is 11.3 Å². The molecular weight excluding hydrogens is 338 g/mol. The van der Waals surface area contributed by atoms with E-state index in [9.17, 15) is 9.59 Å². The van der Waals surface area contributed by atoms with Crippen molar-refractivity contribution in [2.75, 3.05) is 6.54 Å². The van der Waals surface area contributed by atoms with Crippen LogP contribution in [0.1, 0.15) is 57.6 Å². The zero-order chi connectivity index (χ0) is 18.0. The second kappa shape index (κ2) is 7.26. The van der Waals surface area contributed by atoms with Gasteiger partial charge in [0.25, 0.3) is 5.91 Å². The number of thiazole rings is 1. The molecule has 0 radical (unpaired) electrons. The van der Waals surface area contributed by atoms with Gasteiger partial charge in [0.05, 0.1) is 47.1 Å². The highest BCUT2D eigenvalue weighted by molar-refractivity contribution is 7.13. The lowest BCUT2D eigenvalue weighted by Crippen LogP contribution is -2.31. The summed E-state index contributed by atoms with van der Waals surface area (Å²) in [6.07, 6.45) is 5.14. The fourth-order valence-corrected chi connectivity index (χ4v) is 3.94. The topological polar surface area (TPSA) is 88.1 Å². The number of carbonyl (C=O) groups excluding carboxylic acids is 2. The largest absolute Gasteiger partial charge is 0.351 e. The van der Waals surface area contributed by atoms with E-state index in [1.807, 2.05) is 18.7 Å². The molecular formula is C17H21N5O2S. The van der Waals surface area contributed by atoms with E-state index in [1.165, 1.54) is 18.3 Å². The maximum Gasteiger partial charge on any atom is 0.266 e. The normalized spacial score (nSPS) is 16.9. The molecule has 2 amide bonds. The molecule has 25 heavy (non-hydrogen) atoms. The Labute approximate surface area is 150 Å². The predicted octanol–water partition coefficient (Wildman–Crippen LogP) is 2.16. The van der Waals surface area contributed by atoms with E-state index in [2.05, 4.69) is 20.3 Å². The maximum absolute atomic E-state index is 13.0. The van der Waals surface area contributed by atoms with Crippen LogP contribution in [0.3, 0.4) is 0 Å². The molecule has 1 atom stereocenters. The van der Waals surface area contributed by atoms with Crippen LogP contribution in [0, 0.1) is 13.8 Å². The van der Waals surface area contributed by atoms with Crippen LogP contribution in [0.4, 0.5) is 0 Å². The molecule has 2 aromatic rings. The molecule has 1 fully saturated rings. The number of carbonyl (C=O) groups is 2. The Morgan fingerprint density at radius 3 is 2.80 bits per heavy atom. The zero-order valence-corrected chi connectivity index (χ0v) is 15.4. The lowest BCUT2D eigenvalue weighted by atomic mass is 10.1. The molecule has 0 spiro atoms. The SMILES string of the molecule is CC(=O)NCc1cncc([C@H]2CCCN2C(=O)c2sc(C)nc2C)n1. The van der Waals surface area contributed by atoms with Crippen molar-refractivity contribution < 1.29 is 9.59 Å². The number of hydrogen-bond donors (Lipinski definition) is 1. The third kappa shape index (κ3) is 3.84. The molecule has 1 aliphatic heterocycles. The van der Waals surface area contributed by atoms with E-state index in [-0.39, 0.29) is 17.9 Å². The number of amides is 2. The number of aryl methyl sites for hydroxylation is 2. The number of nitrogens with one attached hydrogen (secondary N) is 1. The lowest BCUT2D eigenvalue weighted by molar-refractivity contribution is -0.119. The molecule has 2 aromatic heterocycles. The number of nitrogens with zero attached hydrogens (tertiary/aromatic N) is 4. The Kier molecular flexibility index (Phi) is 5.08. The molecule has 0 bridgehead atoms. The molecule has 7 nitrogen and oxygen atoms in total. The first-order valence-electron chi connectivity index (χ1n) is 8.26. The summed E-state index contributed by atoms with van der Waals surface area (Å²) in [4.78, 5) is 39.8. The summed E-state index contributed by atoms with van der Waals surface area (Å²) in [5, 5.41) is 3.62. The standard InChI is InChI=1S/C17H21N5O2S/c1-10-16(25-12(3)20-10)17(24)22-6-4-5-15(22)14-9-18-7-13(21-14)8-19-11(2)23/h7,9,15H,4-6,8H2,1-3H3,(H,19,23)/t15-/m1/s1. The van der Waals surface area contributed by atoms with Gasteiger partial charge in [-0.1, -0.05) is 0 Å². The smallest absolute Gasteiger partial charge is 0.266 e. The molecule has 1 N–H and O–H groups in total. The van der Waals surface area contributed by atoms with Gasteiger partial charge in [-0.25, -0.2) is 4.98 Å². The van der Waals surface area contributed by atoms with E-state index < -0.39 is 0 Å². The first-order valence-corrected chi connectivity index (χ1v) is 9.07. The van der Waals surface area contributed by atoms with Crippen LogP contribution in [0.5, 0.6) is 0 Å².